The fourth-order valence-corrected chi connectivity index (χ4v) is 1.43. The largest absolute Gasteiger partial charge is 0.501 e. The van der Waals surface area contributed by atoms with Crippen molar-refractivity contribution in [2.45, 2.75) is 6.92 Å². The molecule has 0 aliphatic carbocycles. The van der Waals surface area contributed by atoms with Gasteiger partial charge in [0.1, 0.15) is 0 Å². The summed E-state index contributed by atoms with van der Waals surface area (Å²) in [5.74, 6) is 3.40. The number of hydrogen-bond donors (Lipinski definition) is 0. The van der Waals surface area contributed by atoms with Crippen molar-refractivity contribution in [2.75, 3.05) is 18.1 Å². The lowest BCUT2D eigenvalue weighted by atomic mass is 10.2. The van der Waals surface area contributed by atoms with E-state index in [4.69, 9.17) is 4.74 Å². The van der Waals surface area contributed by atoms with E-state index in [1.807, 2.05) is 24.8 Å². The van der Waals surface area contributed by atoms with Crippen molar-refractivity contribution < 1.29 is 4.74 Å². The number of ether oxygens (including phenoxy) is 1. The maximum atomic E-state index is 5.19. The van der Waals surface area contributed by atoms with Crippen LogP contribution < -0.4 is 0 Å². The van der Waals surface area contributed by atoms with E-state index in [9.17, 15) is 0 Å². The van der Waals surface area contributed by atoms with E-state index in [1.165, 1.54) is 11.5 Å². The summed E-state index contributed by atoms with van der Waals surface area (Å²) >= 11 is 2.00. The van der Waals surface area contributed by atoms with Crippen LogP contribution in [0.3, 0.4) is 0 Å². The van der Waals surface area contributed by atoms with Gasteiger partial charge in [-0.05, 0) is 6.92 Å². The Kier molecular flexibility index (Phi) is 2.98. The molecule has 1 nitrogen and oxygen atoms in total. The van der Waals surface area contributed by atoms with Crippen LogP contribution in [0, 0.1) is 5.92 Å². The van der Waals surface area contributed by atoms with E-state index < -0.39 is 0 Å². The van der Waals surface area contributed by atoms with Crippen molar-refractivity contribution in [2.24, 2.45) is 5.92 Å². The molecule has 1 aliphatic heterocycles. The summed E-state index contributed by atoms with van der Waals surface area (Å²) in [7, 11) is 0. The normalized spacial score (nSPS) is 20.1. The summed E-state index contributed by atoms with van der Waals surface area (Å²) in [5.41, 5.74) is 0. The summed E-state index contributed by atoms with van der Waals surface area (Å²) in [6, 6.07) is 0. The fourth-order valence-electron chi connectivity index (χ4n) is 0.669. The zero-order valence-electron chi connectivity index (χ0n) is 5.67. The van der Waals surface area contributed by atoms with Crippen LogP contribution in [0.25, 0.3) is 0 Å². The molecule has 1 aliphatic rings. The Balaban J connectivity index is 1.91. The summed E-state index contributed by atoms with van der Waals surface area (Å²) in [6.45, 7) is 2.88. The monoisotopic (exact) mass is 144 g/mol. The first kappa shape index (κ1) is 7.00. The molecule has 1 saturated heterocycles. The average molecular weight is 144 g/mol. The van der Waals surface area contributed by atoms with Gasteiger partial charge in [-0.1, -0.05) is 6.08 Å². The predicted octanol–water partition coefficient (Wildman–Crippen LogP) is 1.90. The molecular formula is C7H12OS. The average Bonchev–Trinajstić information content (AvgIpc) is 1.76. The number of allylic oxidation sites excluding steroid dienone is 1. The van der Waals surface area contributed by atoms with E-state index in [2.05, 4.69) is 0 Å². The quantitative estimate of drug-likeness (QED) is 0.559. The Morgan fingerprint density at radius 1 is 1.67 bits per heavy atom. The van der Waals surface area contributed by atoms with Crippen molar-refractivity contribution >= 4 is 11.8 Å². The molecule has 0 bridgehead atoms. The minimum absolute atomic E-state index is 0.825. The van der Waals surface area contributed by atoms with Gasteiger partial charge in [-0.2, -0.15) is 11.8 Å². The third-order valence-corrected chi connectivity index (χ3v) is 2.69. The third kappa shape index (κ3) is 2.31. The number of hydrogen-bond acceptors (Lipinski definition) is 2. The molecule has 0 saturated carbocycles. The van der Waals surface area contributed by atoms with Crippen LogP contribution in [0.2, 0.25) is 0 Å². The minimum atomic E-state index is 0.825. The first-order chi connectivity index (χ1) is 4.43. The smallest absolute Gasteiger partial charge is 0.0917 e. The van der Waals surface area contributed by atoms with Gasteiger partial charge < -0.3 is 4.74 Å². The Hall–Kier alpha value is -0.110. The van der Waals surface area contributed by atoms with Gasteiger partial charge in [0.25, 0.3) is 0 Å². The Bertz CT molecular complexity index is 97.1. The highest BCUT2D eigenvalue weighted by atomic mass is 32.2. The zero-order chi connectivity index (χ0) is 6.53. The van der Waals surface area contributed by atoms with Gasteiger partial charge in [0.05, 0.1) is 12.9 Å². The maximum Gasteiger partial charge on any atom is 0.0917 e. The predicted molar refractivity (Wildman–Crippen MR) is 41.6 cm³/mol. The molecule has 1 fully saturated rings. The van der Waals surface area contributed by atoms with Crippen LogP contribution in [0.15, 0.2) is 12.3 Å². The second-order valence-corrected chi connectivity index (χ2v) is 3.28. The van der Waals surface area contributed by atoms with Crippen molar-refractivity contribution in [3.63, 3.8) is 0 Å². The summed E-state index contributed by atoms with van der Waals surface area (Å²) in [4.78, 5) is 0. The molecule has 0 amide bonds. The molecule has 0 aromatic carbocycles. The highest BCUT2D eigenvalue weighted by Crippen LogP contribution is 2.24. The molecule has 0 N–H and O–H groups in total. The van der Waals surface area contributed by atoms with Gasteiger partial charge in [-0.3, -0.25) is 0 Å². The standard InChI is InChI=1S/C7H12OS/c1-2-3-8-4-7-5-9-6-7/h2-3,7H,4-6H2,1H3/b3-2+. The summed E-state index contributed by atoms with van der Waals surface area (Å²) in [6.07, 6.45) is 3.69. The maximum absolute atomic E-state index is 5.19. The van der Waals surface area contributed by atoms with E-state index >= 15 is 0 Å². The van der Waals surface area contributed by atoms with Crippen LogP contribution in [-0.4, -0.2) is 18.1 Å². The van der Waals surface area contributed by atoms with Crippen LogP contribution in [-0.2, 0) is 4.74 Å². The molecule has 9 heavy (non-hydrogen) atoms. The topological polar surface area (TPSA) is 9.23 Å². The molecule has 0 unspecified atom stereocenters. The highest BCUT2D eigenvalue weighted by molar-refractivity contribution is 8.00. The minimum Gasteiger partial charge on any atom is -0.501 e. The molecule has 1 heterocycles. The number of rotatable bonds is 3. The van der Waals surface area contributed by atoms with E-state index in [0.29, 0.717) is 0 Å². The highest BCUT2D eigenvalue weighted by Gasteiger charge is 2.17. The molecule has 0 aromatic heterocycles. The SMILES string of the molecule is C/C=C/OCC1CSC1. The van der Waals surface area contributed by atoms with Gasteiger partial charge in [0.15, 0.2) is 0 Å². The first-order valence-electron chi connectivity index (χ1n) is 3.24. The van der Waals surface area contributed by atoms with Gasteiger partial charge in [0.2, 0.25) is 0 Å². The third-order valence-electron chi connectivity index (χ3n) is 1.27. The van der Waals surface area contributed by atoms with Crippen molar-refractivity contribution in [1.82, 2.24) is 0 Å². The van der Waals surface area contributed by atoms with Crippen molar-refractivity contribution in [3.8, 4) is 0 Å². The summed E-state index contributed by atoms with van der Waals surface area (Å²) < 4.78 is 5.19. The van der Waals surface area contributed by atoms with Gasteiger partial charge >= 0.3 is 0 Å². The molecule has 2 heteroatoms. The molecule has 1 rings (SSSR count). The van der Waals surface area contributed by atoms with Crippen LogP contribution in [0.5, 0.6) is 0 Å². The molecule has 0 spiro atoms. The lowest BCUT2D eigenvalue weighted by molar-refractivity contribution is 0.210. The van der Waals surface area contributed by atoms with Gasteiger partial charge in [-0.25, -0.2) is 0 Å². The molecule has 0 radical (unpaired) electrons. The molecule has 0 aromatic rings. The molecule has 0 atom stereocenters. The summed E-state index contributed by atoms with van der Waals surface area (Å²) in [5, 5.41) is 0. The lowest BCUT2D eigenvalue weighted by Gasteiger charge is -2.23. The Labute approximate surface area is 60.5 Å². The first-order valence-corrected chi connectivity index (χ1v) is 4.39. The van der Waals surface area contributed by atoms with Crippen LogP contribution in [0.4, 0.5) is 0 Å². The van der Waals surface area contributed by atoms with E-state index in [-0.39, 0.29) is 0 Å². The molecular weight excluding hydrogens is 132 g/mol. The van der Waals surface area contributed by atoms with Crippen molar-refractivity contribution in [3.05, 3.63) is 12.3 Å². The second kappa shape index (κ2) is 3.83. The van der Waals surface area contributed by atoms with Gasteiger partial charge in [0, 0.05) is 17.4 Å². The zero-order valence-corrected chi connectivity index (χ0v) is 6.49. The lowest BCUT2D eigenvalue weighted by Crippen LogP contribution is -2.22. The van der Waals surface area contributed by atoms with Crippen LogP contribution >= 0.6 is 11.8 Å². The van der Waals surface area contributed by atoms with E-state index in [0.717, 1.165) is 12.5 Å². The Morgan fingerprint density at radius 2 is 2.44 bits per heavy atom. The van der Waals surface area contributed by atoms with Gasteiger partial charge in [-0.15, -0.1) is 0 Å². The Morgan fingerprint density at radius 3 is 2.89 bits per heavy atom. The second-order valence-electron chi connectivity index (χ2n) is 2.21. The van der Waals surface area contributed by atoms with Crippen molar-refractivity contribution in [1.29, 1.82) is 0 Å². The van der Waals surface area contributed by atoms with E-state index in [1.54, 1.807) is 6.26 Å². The van der Waals surface area contributed by atoms with Crippen LogP contribution in [0.1, 0.15) is 6.92 Å². The molecule has 52 valence electrons. The number of thioether (sulfide) groups is 1. The fraction of sp³-hybridized carbons (Fsp3) is 0.714.